The molecule has 2 nitrogen and oxygen atoms in total. The lowest BCUT2D eigenvalue weighted by Gasteiger charge is -2.02. The van der Waals surface area contributed by atoms with Gasteiger partial charge in [-0.25, -0.2) is 0 Å². The molecule has 66 valence electrons. The van der Waals surface area contributed by atoms with E-state index in [1.807, 2.05) is 33.8 Å². The van der Waals surface area contributed by atoms with Crippen molar-refractivity contribution in [1.29, 1.82) is 0 Å². The Balaban J connectivity index is 3.02. The van der Waals surface area contributed by atoms with Gasteiger partial charge in [-0.2, -0.15) is 0 Å². The molecule has 0 aliphatic rings. The molecule has 0 fully saturated rings. The van der Waals surface area contributed by atoms with E-state index in [0.717, 1.165) is 17.0 Å². The van der Waals surface area contributed by atoms with Crippen molar-refractivity contribution < 1.29 is 4.79 Å². The summed E-state index contributed by atoms with van der Waals surface area (Å²) in [7, 11) is 0. The van der Waals surface area contributed by atoms with Gasteiger partial charge in [0.1, 0.15) is 0 Å². The molecule has 2 heteroatoms. The third-order valence-electron chi connectivity index (χ3n) is 1.92. The van der Waals surface area contributed by atoms with Gasteiger partial charge in [0.05, 0.1) is 5.69 Å². The summed E-state index contributed by atoms with van der Waals surface area (Å²) < 4.78 is 0. The lowest BCUT2D eigenvalue weighted by molar-refractivity contribution is 0.0934. The third-order valence-corrected chi connectivity index (χ3v) is 1.92. The molecule has 0 saturated carbocycles. The SMILES string of the molecule is Cc1cc(C)c(C(=O)C(C)C)[nH]1. The quantitative estimate of drug-likeness (QED) is 0.671. The van der Waals surface area contributed by atoms with Gasteiger partial charge in [0, 0.05) is 11.6 Å². The first kappa shape index (κ1) is 9.04. The number of hydrogen-bond acceptors (Lipinski definition) is 1. The van der Waals surface area contributed by atoms with Gasteiger partial charge in [-0.05, 0) is 25.5 Å². The highest BCUT2D eigenvalue weighted by Crippen LogP contribution is 2.13. The number of ketones is 1. The smallest absolute Gasteiger partial charge is 0.181 e. The number of rotatable bonds is 2. The average Bonchev–Trinajstić information content (AvgIpc) is 2.28. The van der Waals surface area contributed by atoms with Crippen LogP contribution in [0.5, 0.6) is 0 Å². The molecule has 1 aromatic heterocycles. The van der Waals surface area contributed by atoms with Crippen molar-refractivity contribution in [2.24, 2.45) is 5.92 Å². The average molecular weight is 165 g/mol. The van der Waals surface area contributed by atoms with Gasteiger partial charge in [0.25, 0.3) is 0 Å². The van der Waals surface area contributed by atoms with Gasteiger partial charge in [0.15, 0.2) is 5.78 Å². The van der Waals surface area contributed by atoms with Crippen LogP contribution in [0.2, 0.25) is 0 Å². The summed E-state index contributed by atoms with van der Waals surface area (Å²) in [6.07, 6.45) is 0. The van der Waals surface area contributed by atoms with Crippen LogP contribution in [0.1, 0.15) is 35.6 Å². The van der Waals surface area contributed by atoms with Crippen LogP contribution in [0.3, 0.4) is 0 Å². The van der Waals surface area contributed by atoms with Gasteiger partial charge in [-0.15, -0.1) is 0 Å². The Kier molecular flexibility index (Phi) is 2.36. The molecule has 0 aromatic carbocycles. The zero-order chi connectivity index (χ0) is 9.30. The first-order chi connectivity index (χ1) is 5.52. The molecule has 1 heterocycles. The predicted molar refractivity (Wildman–Crippen MR) is 49.4 cm³/mol. The van der Waals surface area contributed by atoms with Crippen LogP contribution in [0.4, 0.5) is 0 Å². The van der Waals surface area contributed by atoms with Gasteiger partial charge in [0.2, 0.25) is 0 Å². The topological polar surface area (TPSA) is 32.9 Å². The number of aromatic nitrogens is 1. The van der Waals surface area contributed by atoms with Crippen LogP contribution < -0.4 is 0 Å². The van der Waals surface area contributed by atoms with E-state index in [0.29, 0.717) is 0 Å². The summed E-state index contributed by atoms with van der Waals surface area (Å²) in [6, 6.07) is 2.00. The predicted octanol–water partition coefficient (Wildman–Crippen LogP) is 2.47. The molecule has 0 aliphatic heterocycles. The molecule has 0 aliphatic carbocycles. The minimum atomic E-state index is 0.0711. The van der Waals surface area contributed by atoms with Crippen LogP contribution >= 0.6 is 0 Å². The van der Waals surface area contributed by atoms with Crippen LogP contribution in [0.15, 0.2) is 6.07 Å². The largest absolute Gasteiger partial charge is 0.356 e. The standard InChI is InChI=1S/C10H15NO/c1-6(2)10(12)9-7(3)5-8(4)11-9/h5-6,11H,1-4H3. The minimum Gasteiger partial charge on any atom is -0.356 e. The molecule has 1 rings (SSSR count). The molecule has 0 unspecified atom stereocenters. The maximum Gasteiger partial charge on any atom is 0.181 e. The Hall–Kier alpha value is -1.05. The highest BCUT2D eigenvalue weighted by molar-refractivity contribution is 5.97. The van der Waals surface area contributed by atoms with Gasteiger partial charge in [-0.1, -0.05) is 13.8 Å². The zero-order valence-corrected chi connectivity index (χ0v) is 8.06. The molecule has 0 radical (unpaired) electrons. The molecule has 0 saturated heterocycles. The first-order valence-corrected chi connectivity index (χ1v) is 4.22. The Labute approximate surface area is 73.0 Å². The molecule has 0 atom stereocenters. The lowest BCUT2D eigenvalue weighted by Crippen LogP contribution is -2.09. The highest BCUT2D eigenvalue weighted by atomic mass is 16.1. The number of Topliss-reactive ketones (excluding diaryl/α,β-unsaturated/α-hetero) is 1. The number of aromatic amines is 1. The van der Waals surface area contributed by atoms with Crippen molar-refractivity contribution >= 4 is 5.78 Å². The van der Waals surface area contributed by atoms with Gasteiger partial charge in [-0.3, -0.25) is 4.79 Å². The fourth-order valence-corrected chi connectivity index (χ4v) is 1.27. The molecule has 1 N–H and O–H groups in total. The molecule has 1 aromatic rings. The molecular weight excluding hydrogens is 150 g/mol. The van der Waals surface area contributed by atoms with E-state index in [2.05, 4.69) is 4.98 Å². The summed E-state index contributed by atoms with van der Waals surface area (Å²) in [5.74, 6) is 0.266. The number of H-pyrrole nitrogens is 1. The van der Waals surface area contributed by atoms with E-state index >= 15 is 0 Å². The van der Waals surface area contributed by atoms with Crippen molar-refractivity contribution in [3.63, 3.8) is 0 Å². The zero-order valence-electron chi connectivity index (χ0n) is 8.06. The van der Waals surface area contributed by atoms with Crippen LogP contribution in [0.25, 0.3) is 0 Å². The molecular formula is C10H15NO. The van der Waals surface area contributed by atoms with E-state index in [-0.39, 0.29) is 11.7 Å². The second-order valence-corrected chi connectivity index (χ2v) is 3.53. The van der Waals surface area contributed by atoms with E-state index in [1.54, 1.807) is 0 Å². The van der Waals surface area contributed by atoms with Crippen molar-refractivity contribution in [3.8, 4) is 0 Å². The Bertz CT molecular complexity index is 297. The second kappa shape index (κ2) is 3.13. The van der Waals surface area contributed by atoms with Crippen LogP contribution in [-0.2, 0) is 0 Å². The number of carbonyl (C=O) groups is 1. The number of aryl methyl sites for hydroxylation is 2. The Morgan fingerprint density at radius 3 is 2.33 bits per heavy atom. The van der Waals surface area contributed by atoms with E-state index in [9.17, 15) is 4.79 Å². The number of hydrogen-bond donors (Lipinski definition) is 1. The third kappa shape index (κ3) is 1.58. The maximum absolute atomic E-state index is 11.5. The maximum atomic E-state index is 11.5. The fraction of sp³-hybridized carbons (Fsp3) is 0.500. The van der Waals surface area contributed by atoms with Crippen molar-refractivity contribution in [3.05, 3.63) is 23.0 Å². The minimum absolute atomic E-state index is 0.0711. The monoisotopic (exact) mass is 165 g/mol. The molecule has 12 heavy (non-hydrogen) atoms. The fourth-order valence-electron chi connectivity index (χ4n) is 1.27. The summed E-state index contributed by atoms with van der Waals surface area (Å²) in [6.45, 7) is 7.75. The van der Waals surface area contributed by atoms with Crippen molar-refractivity contribution in [2.75, 3.05) is 0 Å². The normalized spacial score (nSPS) is 10.8. The Morgan fingerprint density at radius 2 is 2.00 bits per heavy atom. The van der Waals surface area contributed by atoms with E-state index in [4.69, 9.17) is 0 Å². The van der Waals surface area contributed by atoms with E-state index in [1.165, 1.54) is 0 Å². The van der Waals surface area contributed by atoms with Gasteiger partial charge < -0.3 is 4.98 Å². The number of carbonyl (C=O) groups excluding carboxylic acids is 1. The molecule has 0 bridgehead atoms. The second-order valence-electron chi connectivity index (χ2n) is 3.53. The Morgan fingerprint density at radius 1 is 1.42 bits per heavy atom. The van der Waals surface area contributed by atoms with E-state index < -0.39 is 0 Å². The highest BCUT2D eigenvalue weighted by Gasteiger charge is 2.14. The van der Waals surface area contributed by atoms with Crippen LogP contribution in [0, 0.1) is 19.8 Å². The first-order valence-electron chi connectivity index (χ1n) is 4.22. The molecule has 0 amide bonds. The summed E-state index contributed by atoms with van der Waals surface area (Å²) in [5, 5.41) is 0. The summed E-state index contributed by atoms with van der Waals surface area (Å²) >= 11 is 0. The molecule has 0 spiro atoms. The van der Waals surface area contributed by atoms with Crippen molar-refractivity contribution in [2.45, 2.75) is 27.7 Å². The lowest BCUT2D eigenvalue weighted by atomic mass is 10.0. The van der Waals surface area contributed by atoms with Crippen LogP contribution in [-0.4, -0.2) is 10.8 Å². The summed E-state index contributed by atoms with van der Waals surface area (Å²) in [5.41, 5.74) is 2.87. The summed E-state index contributed by atoms with van der Waals surface area (Å²) in [4.78, 5) is 14.6. The number of nitrogens with one attached hydrogen (secondary N) is 1. The van der Waals surface area contributed by atoms with Crippen molar-refractivity contribution in [1.82, 2.24) is 4.98 Å². The van der Waals surface area contributed by atoms with Gasteiger partial charge >= 0.3 is 0 Å².